The van der Waals surface area contributed by atoms with Gasteiger partial charge < -0.3 is 42.8 Å². The molecular weight excluding hydrogens is 765 g/mol. The van der Waals surface area contributed by atoms with Crippen molar-refractivity contribution in [2.75, 3.05) is 35.4 Å². The molecule has 0 bridgehead atoms. The Morgan fingerprint density at radius 2 is 1.59 bits per heavy atom. The number of methoxy groups -OCH3 is 3. The smallest absolute Gasteiger partial charge is 0.306 e. The summed E-state index contributed by atoms with van der Waals surface area (Å²) in [6.45, 7) is 7.96. The van der Waals surface area contributed by atoms with Crippen LogP contribution in [-0.4, -0.2) is 131 Å². The monoisotopic (exact) mass is 829 g/mol. The van der Waals surface area contributed by atoms with E-state index in [1.165, 1.54) is 0 Å². The number of halogens is 2. The average Bonchev–Trinajstić information content (AvgIpc) is 3.73. The molecule has 6 rings (SSSR count). The van der Waals surface area contributed by atoms with Crippen molar-refractivity contribution >= 4 is 27.7 Å². The molecule has 0 aromatic carbocycles. The molecule has 11 nitrogen and oxygen atoms in total. The number of rotatable bonds is 9. The van der Waals surface area contributed by atoms with Crippen molar-refractivity contribution in [1.29, 1.82) is 0 Å². The highest BCUT2D eigenvalue weighted by Gasteiger charge is 2.60. The Kier molecular flexibility index (Phi) is 14.4. The minimum absolute atomic E-state index is 0.00655. The Balaban J connectivity index is 1.25. The molecule has 3 aliphatic carbocycles. The molecule has 0 radical (unpaired) electrons. The number of Topliss-reactive ketones (excluding diaryl/α,β-unsaturated/α-hetero) is 1. The fraction of sp³-hybridized carbons (Fsp3) is 0.902. The number of nitrogens with zero attached hydrogens (tertiary/aromatic N) is 1. The summed E-state index contributed by atoms with van der Waals surface area (Å²) in [5, 5.41) is 0. The van der Waals surface area contributed by atoms with Gasteiger partial charge in [0.05, 0.1) is 30.8 Å². The third-order valence-electron chi connectivity index (χ3n) is 13.8. The van der Waals surface area contributed by atoms with Crippen LogP contribution in [-0.2, 0) is 47.5 Å². The van der Waals surface area contributed by atoms with Gasteiger partial charge in [0, 0.05) is 50.0 Å². The molecule has 5 unspecified atom stereocenters. The van der Waals surface area contributed by atoms with Crippen LogP contribution >= 0.6 is 15.9 Å². The molecule has 13 heteroatoms. The molecule has 3 aliphatic heterocycles. The summed E-state index contributed by atoms with van der Waals surface area (Å²) in [6, 6.07) is 0.301. The summed E-state index contributed by atoms with van der Waals surface area (Å²) in [5.74, 6) is -2.29. The number of carbonyl (C=O) groups excluding carboxylic acids is 2. The topological polar surface area (TPSA) is 111 Å². The zero-order valence-corrected chi connectivity index (χ0v) is 35.3. The van der Waals surface area contributed by atoms with Crippen LogP contribution in [0.5, 0.6) is 0 Å². The maximum atomic E-state index is 16.9. The standard InChI is InChI=1S/C41H65BrFNO10/c1-10-23-12-11-13-31(54-33-15-14-30(44(5)6)21(3)50-33)20(2)37(46)29-18-26-25-16-24(53-41-40(49-9)39(48-8)38(47-7)22(4)51-41)17-28(25)35(42)36(43)34(26)27(29)19-32(45)52-23/h18,20-28,30-31,33-36,38-41H,10-17,19H2,1-9H3/t20-,21?,22?,23+,24+,25+,26+,27-,28-,30+,31+,33+,34-,35?,36?,38+,39?,40+,41+/m1/s1. The minimum Gasteiger partial charge on any atom is -0.462 e. The van der Waals surface area contributed by atoms with E-state index in [9.17, 15) is 9.59 Å². The number of alkyl halides is 2. The number of likely N-dealkylation sites (N-methyl/N-ethyl adjacent to an activating group) is 1. The molecule has 2 saturated carbocycles. The lowest BCUT2D eigenvalue weighted by Crippen LogP contribution is -2.59. The first-order valence-electron chi connectivity index (χ1n) is 20.4. The molecular formula is C41H65BrFNO10. The van der Waals surface area contributed by atoms with Crippen molar-refractivity contribution in [1.82, 2.24) is 4.90 Å². The van der Waals surface area contributed by atoms with Crippen molar-refractivity contribution in [2.24, 2.45) is 35.5 Å². The number of fused-ring (bicyclic) bond motifs is 5. The number of hydrogen-bond donors (Lipinski definition) is 0. The van der Waals surface area contributed by atoms with E-state index in [1.807, 2.05) is 26.8 Å². The second-order valence-corrected chi connectivity index (χ2v) is 18.1. The maximum Gasteiger partial charge on any atom is 0.306 e. The maximum absolute atomic E-state index is 16.9. The zero-order valence-electron chi connectivity index (χ0n) is 33.7. The van der Waals surface area contributed by atoms with Crippen molar-refractivity contribution < 1.29 is 51.9 Å². The molecule has 3 heterocycles. The van der Waals surface area contributed by atoms with Gasteiger partial charge in [-0.1, -0.05) is 35.9 Å². The predicted octanol–water partition coefficient (Wildman–Crippen LogP) is 6.03. The van der Waals surface area contributed by atoms with Gasteiger partial charge in [-0.25, -0.2) is 4.39 Å². The molecule has 0 N–H and O–H groups in total. The summed E-state index contributed by atoms with van der Waals surface area (Å²) in [6.07, 6.45) is 2.95. The number of cyclic esters (lactones) is 1. The third-order valence-corrected chi connectivity index (χ3v) is 14.9. The van der Waals surface area contributed by atoms with E-state index in [1.54, 1.807) is 21.3 Å². The average molecular weight is 831 g/mol. The van der Waals surface area contributed by atoms with Crippen LogP contribution < -0.4 is 0 Å². The fourth-order valence-corrected chi connectivity index (χ4v) is 11.9. The van der Waals surface area contributed by atoms with Crippen LogP contribution in [0.1, 0.15) is 85.5 Å². The Hall–Kier alpha value is -1.03. The SMILES string of the molecule is CC[C@H]1CCC[C@H](O[C@H]2CC[C@H](N(C)C)C(C)O2)[C@@H](C)C(=O)C2=C[C@H]3[C@@H]4C[C@H](O[C@@H]5OC(C)[C@H](OC)C(OC)[C@@H]5OC)C[C@H]4C(Br)C(F)[C@H]3[C@@H]2CC(=O)O1. The molecule has 308 valence electrons. The van der Waals surface area contributed by atoms with E-state index in [0.29, 0.717) is 43.7 Å². The molecule has 0 spiro atoms. The van der Waals surface area contributed by atoms with Crippen molar-refractivity contribution in [3.05, 3.63) is 11.6 Å². The van der Waals surface area contributed by atoms with Gasteiger partial charge in [-0.05, 0) is 103 Å². The van der Waals surface area contributed by atoms with Gasteiger partial charge in [-0.3, -0.25) is 9.59 Å². The van der Waals surface area contributed by atoms with E-state index in [2.05, 4.69) is 41.8 Å². The highest BCUT2D eigenvalue weighted by molar-refractivity contribution is 9.09. The Bertz CT molecular complexity index is 1320. The molecule has 6 aliphatic rings. The lowest BCUT2D eigenvalue weighted by molar-refractivity contribution is -0.314. The molecule has 0 aromatic heterocycles. The Morgan fingerprint density at radius 3 is 2.24 bits per heavy atom. The van der Waals surface area contributed by atoms with Gasteiger partial charge in [-0.2, -0.15) is 0 Å². The first kappa shape index (κ1) is 42.6. The minimum atomic E-state index is -1.27. The molecule has 5 fully saturated rings. The van der Waals surface area contributed by atoms with Crippen LogP contribution in [0.15, 0.2) is 11.6 Å². The lowest BCUT2D eigenvalue weighted by atomic mass is 9.65. The van der Waals surface area contributed by atoms with Crippen molar-refractivity contribution in [3.63, 3.8) is 0 Å². The molecule has 0 aromatic rings. The Labute approximate surface area is 330 Å². The number of hydrogen-bond acceptors (Lipinski definition) is 11. The van der Waals surface area contributed by atoms with E-state index >= 15 is 4.39 Å². The fourth-order valence-electron chi connectivity index (χ4n) is 10.9. The van der Waals surface area contributed by atoms with Gasteiger partial charge in [0.25, 0.3) is 0 Å². The van der Waals surface area contributed by atoms with Gasteiger partial charge >= 0.3 is 5.97 Å². The van der Waals surface area contributed by atoms with Gasteiger partial charge in [0.15, 0.2) is 18.4 Å². The van der Waals surface area contributed by atoms with Crippen LogP contribution in [0, 0.1) is 35.5 Å². The molecule has 3 saturated heterocycles. The highest BCUT2D eigenvalue weighted by Crippen LogP contribution is 2.59. The van der Waals surface area contributed by atoms with E-state index in [-0.39, 0.29) is 72.6 Å². The molecule has 19 atom stereocenters. The summed E-state index contributed by atoms with van der Waals surface area (Å²) in [5.41, 5.74) is 0.548. The number of ketones is 1. The number of allylic oxidation sites excluding steroid dienone is 2. The van der Waals surface area contributed by atoms with Crippen LogP contribution in [0.25, 0.3) is 0 Å². The first-order chi connectivity index (χ1) is 25.8. The third kappa shape index (κ3) is 8.56. The van der Waals surface area contributed by atoms with Crippen LogP contribution in [0.3, 0.4) is 0 Å². The van der Waals surface area contributed by atoms with Crippen LogP contribution in [0.4, 0.5) is 4.39 Å². The number of esters is 1. The van der Waals surface area contributed by atoms with Gasteiger partial charge in [-0.15, -0.1) is 0 Å². The molecule has 54 heavy (non-hydrogen) atoms. The largest absolute Gasteiger partial charge is 0.462 e. The Morgan fingerprint density at radius 1 is 0.889 bits per heavy atom. The summed E-state index contributed by atoms with van der Waals surface area (Å²) in [7, 11) is 9.00. The quantitative estimate of drug-likeness (QED) is 0.201. The van der Waals surface area contributed by atoms with Gasteiger partial charge in [0.2, 0.25) is 0 Å². The van der Waals surface area contributed by atoms with Crippen molar-refractivity contribution in [3.8, 4) is 0 Å². The lowest BCUT2D eigenvalue weighted by Gasteiger charge is -2.44. The highest BCUT2D eigenvalue weighted by atomic mass is 79.9. The normalized spacial score (nSPS) is 47.6. The van der Waals surface area contributed by atoms with E-state index < -0.39 is 53.5 Å². The van der Waals surface area contributed by atoms with Gasteiger partial charge in [0.1, 0.15) is 30.6 Å². The number of carbonyl (C=O) groups is 2. The first-order valence-corrected chi connectivity index (χ1v) is 21.3. The number of ether oxygens (including phenoxy) is 8. The van der Waals surface area contributed by atoms with Crippen LogP contribution in [0.2, 0.25) is 0 Å². The summed E-state index contributed by atoms with van der Waals surface area (Å²) in [4.78, 5) is 30.0. The van der Waals surface area contributed by atoms with Crippen molar-refractivity contribution in [2.45, 2.75) is 164 Å². The summed E-state index contributed by atoms with van der Waals surface area (Å²) < 4.78 is 66.3. The predicted molar refractivity (Wildman–Crippen MR) is 203 cm³/mol. The van der Waals surface area contributed by atoms with E-state index in [4.69, 9.17) is 37.9 Å². The zero-order chi connectivity index (χ0) is 39.0. The second kappa shape index (κ2) is 18.3. The summed E-state index contributed by atoms with van der Waals surface area (Å²) >= 11 is 3.79. The molecule has 0 amide bonds. The second-order valence-electron chi connectivity index (χ2n) is 17.0. The van der Waals surface area contributed by atoms with E-state index in [0.717, 1.165) is 19.3 Å².